The molecule has 0 spiro atoms. The normalized spacial score (nSPS) is 10.9. The highest BCUT2D eigenvalue weighted by atomic mass is 35.5. The molecule has 0 N–H and O–H groups in total. The van der Waals surface area contributed by atoms with Crippen molar-refractivity contribution in [2.45, 2.75) is 0 Å². The van der Waals surface area contributed by atoms with Gasteiger partial charge in [0.1, 0.15) is 11.4 Å². The molecule has 0 aliphatic rings. The Labute approximate surface area is 187 Å². The van der Waals surface area contributed by atoms with Crippen molar-refractivity contribution < 1.29 is 4.74 Å². The average Bonchev–Trinajstić information content (AvgIpc) is 3.52. The summed E-state index contributed by atoms with van der Waals surface area (Å²) >= 11 is 6.14. The van der Waals surface area contributed by atoms with Crippen molar-refractivity contribution >= 4 is 11.6 Å². The standard InChI is InChI=1S/C23H17ClN6O2/c1-32-22-15-17(28-12-3-10-25-28)6-7-19(22)29-13-9-21(31)23(27-29)20-8-11-26-30(20)18-5-2-4-16(24)14-18/h2-15H,1H3. The van der Waals surface area contributed by atoms with Gasteiger partial charge in [0, 0.05) is 35.7 Å². The highest BCUT2D eigenvalue weighted by Gasteiger charge is 2.15. The Kier molecular flexibility index (Phi) is 5.04. The van der Waals surface area contributed by atoms with Crippen molar-refractivity contribution in [3.63, 3.8) is 0 Å². The van der Waals surface area contributed by atoms with Gasteiger partial charge in [0.15, 0.2) is 5.69 Å². The van der Waals surface area contributed by atoms with Crippen LogP contribution >= 0.6 is 11.6 Å². The number of benzene rings is 2. The molecular formula is C23H17ClN6O2. The lowest BCUT2D eigenvalue weighted by Crippen LogP contribution is -2.15. The molecule has 2 aromatic carbocycles. The first-order valence-electron chi connectivity index (χ1n) is 9.73. The first-order chi connectivity index (χ1) is 15.6. The Balaban J connectivity index is 1.61. The van der Waals surface area contributed by atoms with Crippen LogP contribution in [0, 0.1) is 0 Å². The molecule has 5 rings (SSSR count). The maximum Gasteiger partial charge on any atom is 0.209 e. The molecule has 0 aliphatic carbocycles. The number of rotatable bonds is 5. The quantitative estimate of drug-likeness (QED) is 0.410. The molecule has 0 bridgehead atoms. The van der Waals surface area contributed by atoms with E-state index in [1.54, 1.807) is 57.9 Å². The second-order valence-corrected chi connectivity index (χ2v) is 7.32. The van der Waals surface area contributed by atoms with Gasteiger partial charge in [-0.1, -0.05) is 17.7 Å². The molecule has 3 aromatic heterocycles. The van der Waals surface area contributed by atoms with Crippen molar-refractivity contribution in [3.8, 4) is 34.2 Å². The zero-order valence-electron chi connectivity index (χ0n) is 17.0. The third-order valence-corrected chi connectivity index (χ3v) is 5.16. The van der Waals surface area contributed by atoms with Gasteiger partial charge in [-0.15, -0.1) is 0 Å². The van der Waals surface area contributed by atoms with Crippen molar-refractivity contribution in [1.82, 2.24) is 29.3 Å². The van der Waals surface area contributed by atoms with E-state index in [-0.39, 0.29) is 11.1 Å². The molecule has 3 heterocycles. The fraction of sp³-hybridized carbons (Fsp3) is 0.0435. The van der Waals surface area contributed by atoms with E-state index < -0.39 is 0 Å². The van der Waals surface area contributed by atoms with Crippen LogP contribution in [0.5, 0.6) is 5.75 Å². The van der Waals surface area contributed by atoms with Crippen molar-refractivity contribution in [2.24, 2.45) is 0 Å². The molecule has 0 fully saturated rings. The number of ether oxygens (including phenoxy) is 1. The molecule has 8 nitrogen and oxygen atoms in total. The largest absolute Gasteiger partial charge is 0.494 e. The summed E-state index contributed by atoms with van der Waals surface area (Å²) in [6, 6.07) is 17.9. The number of hydrogen-bond donors (Lipinski definition) is 0. The molecule has 158 valence electrons. The molecule has 5 aromatic rings. The van der Waals surface area contributed by atoms with Gasteiger partial charge in [-0.25, -0.2) is 14.0 Å². The first kappa shape index (κ1) is 19.8. The van der Waals surface area contributed by atoms with E-state index in [1.807, 2.05) is 42.6 Å². The summed E-state index contributed by atoms with van der Waals surface area (Å²) in [5.74, 6) is 0.587. The monoisotopic (exact) mass is 444 g/mol. The second-order valence-electron chi connectivity index (χ2n) is 6.89. The van der Waals surface area contributed by atoms with E-state index in [2.05, 4.69) is 15.3 Å². The van der Waals surface area contributed by atoms with Crippen molar-refractivity contribution in [2.75, 3.05) is 7.11 Å². The minimum Gasteiger partial charge on any atom is -0.494 e. The van der Waals surface area contributed by atoms with Crippen LogP contribution in [0.1, 0.15) is 0 Å². The van der Waals surface area contributed by atoms with Crippen LogP contribution in [-0.4, -0.2) is 36.5 Å². The smallest absolute Gasteiger partial charge is 0.209 e. The number of aromatic nitrogens is 6. The summed E-state index contributed by atoms with van der Waals surface area (Å²) in [6.45, 7) is 0. The highest BCUT2D eigenvalue weighted by Crippen LogP contribution is 2.26. The average molecular weight is 445 g/mol. The van der Waals surface area contributed by atoms with Gasteiger partial charge in [-0.05, 0) is 42.5 Å². The fourth-order valence-electron chi connectivity index (χ4n) is 3.44. The third-order valence-electron chi connectivity index (χ3n) is 4.93. The van der Waals surface area contributed by atoms with Crippen LogP contribution in [0.3, 0.4) is 0 Å². The van der Waals surface area contributed by atoms with Crippen LogP contribution in [0.15, 0.2) is 90.2 Å². The van der Waals surface area contributed by atoms with Gasteiger partial charge in [0.25, 0.3) is 0 Å². The molecule has 9 heteroatoms. The van der Waals surface area contributed by atoms with Gasteiger partial charge >= 0.3 is 0 Å². The van der Waals surface area contributed by atoms with E-state index in [4.69, 9.17) is 16.3 Å². The molecule has 0 amide bonds. The van der Waals surface area contributed by atoms with E-state index in [0.717, 1.165) is 11.4 Å². The minimum atomic E-state index is -0.225. The molecule has 0 saturated heterocycles. The van der Waals surface area contributed by atoms with Gasteiger partial charge in [0.05, 0.1) is 30.4 Å². The molecule has 0 aliphatic heterocycles. The number of halogens is 1. The highest BCUT2D eigenvalue weighted by molar-refractivity contribution is 6.30. The lowest BCUT2D eigenvalue weighted by atomic mass is 10.2. The van der Waals surface area contributed by atoms with E-state index in [0.29, 0.717) is 22.2 Å². The summed E-state index contributed by atoms with van der Waals surface area (Å²) in [6.07, 6.45) is 6.78. The SMILES string of the molecule is COc1cc(-n2cccn2)ccc1-n1ccc(=O)c(-c2ccnn2-c2cccc(Cl)c2)n1. The second kappa shape index (κ2) is 8.16. The fourth-order valence-corrected chi connectivity index (χ4v) is 3.62. The van der Waals surface area contributed by atoms with Crippen molar-refractivity contribution in [3.05, 3.63) is 101 Å². The number of methoxy groups -OCH3 is 1. The minimum absolute atomic E-state index is 0.225. The Morgan fingerprint density at radius 3 is 2.56 bits per heavy atom. The molecule has 0 unspecified atom stereocenters. The Bertz CT molecular complexity index is 1460. The predicted molar refractivity (Wildman–Crippen MR) is 121 cm³/mol. The molecule has 0 saturated carbocycles. The van der Waals surface area contributed by atoms with E-state index in [1.165, 1.54) is 6.07 Å². The van der Waals surface area contributed by atoms with Crippen LogP contribution in [0.2, 0.25) is 5.02 Å². The zero-order chi connectivity index (χ0) is 22.1. The lowest BCUT2D eigenvalue weighted by Gasteiger charge is -2.14. The van der Waals surface area contributed by atoms with Crippen LogP contribution in [-0.2, 0) is 0 Å². The number of nitrogens with zero attached hydrogens (tertiary/aromatic N) is 6. The maximum absolute atomic E-state index is 12.7. The predicted octanol–water partition coefficient (Wildman–Crippen LogP) is 3.93. The third kappa shape index (κ3) is 3.57. The summed E-state index contributed by atoms with van der Waals surface area (Å²) < 4.78 is 10.6. The molecule has 0 radical (unpaired) electrons. The molecular weight excluding hydrogens is 428 g/mol. The van der Waals surface area contributed by atoms with E-state index >= 15 is 0 Å². The topological polar surface area (TPSA) is 79.8 Å². The summed E-state index contributed by atoms with van der Waals surface area (Å²) in [5, 5.41) is 13.8. The lowest BCUT2D eigenvalue weighted by molar-refractivity contribution is 0.411. The zero-order valence-corrected chi connectivity index (χ0v) is 17.7. The van der Waals surface area contributed by atoms with Crippen molar-refractivity contribution in [1.29, 1.82) is 0 Å². The van der Waals surface area contributed by atoms with Crippen LogP contribution < -0.4 is 10.2 Å². The Morgan fingerprint density at radius 2 is 1.78 bits per heavy atom. The molecule has 0 atom stereocenters. The van der Waals surface area contributed by atoms with Crippen LogP contribution in [0.25, 0.3) is 28.5 Å². The Hall–Kier alpha value is -4.17. The number of hydrogen-bond acceptors (Lipinski definition) is 5. The molecule has 32 heavy (non-hydrogen) atoms. The summed E-state index contributed by atoms with van der Waals surface area (Å²) in [7, 11) is 1.59. The van der Waals surface area contributed by atoms with Gasteiger partial charge in [-0.3, -0.25) is 4.79 Å². The van der Waals surface area contributed by atoms with Gasteiger partial charge < -0.3 is 4.74 Å². The summed E-state index contributed by atoms with van der Waals surface area (Å²) in [4.78, 5) is 12.7. The maximum atomic E-state index is 12.7. The Morgan fingerprint density at radius 1 is 0.875 bits per heavy atom. The van der Waals surface area contributed by atoms with E-state index in [9.17, 15) is 4.79 Å². The van der Waals surface area contributed by atoms with Crippen LogP contribution in [0.4, 0.5) is 0 Å². The summed E-state index contributed by atoms with van der Waals surface area (Å²) in [5.41, 5.74) is 2.84. The van der Waals surface area contributed by atoms with Gasteiger partial charge in [-0.2, -0.15) is 15.3 Å². The van der Waals surface area contributed by atoms with Gasteiger partial charge in [0.2, 0.25) is 5.43 Å². The first-order valence-corrected chi connectivity index (χ1v) is 10.1.